The van der Waals surface area contributed by atoms with Gasteiger partial charge in [0.05, 0.1) is 5.41 Å². The highest BCUT2D eigenvalue weighted by Gasteiger charge is 2.39. The van der Waals surface area contributed by atoms with E-state index >= 15 is 0 Å². The summed E-state index contributed by atoms with van der Waals surface area (Å²) in [6.07, 6.45) is 1.79. The van der Waals surface area contributed by atoms with Crippen molar-refractivity contribution in [3.8, 4) is 11.5 Å². The van der Waals surface area contributed by atoms with Crippen LogP contribution in [0.4, 0.5) is 0 Å². The fraction of sp³-hybridized carbons (Fsp3) is 0.381. The predicted molar refractivity (Wildman–Crippen MR) is 99.8 cm³/mol. The van der Waals surface area contributed by atoms with Crippen molar-refractivity contribution in [2.45, 2.75) is 39.0 Å². The van der Waals surface area contributed by atoms with Crippen molar-refractivity contribution >= 4 is 5.91 Å². The van der Waals surface area contributed by atoms with E-state index in [0.29, 0.717) is 13.1 Å². The summed E-state index contributed by atoms with van der Waals surface area (Å²) < 4.78 is 0. The van der Waals surface area contributed by atoms with Gasteiger partial charge < -0.3 is 15.1 Å². The molecule has 0 aliphatic carbocycles. The second kappa shape index (κ2) is 8.06. The Morgan fingerprint density at radius 3 is 1.52 bits per heavy atom. The lowest BCUT2D eigenvalue weighted by molar-refractivity contribution is -0.135. The fourth-order valence-corrected chi connectivity index (χ4v) is 3.17. The maximum absolute atomic E-state index is 13.5. The van der Waals surface area contributed by atoms with Crippen molar-refractivity contribution in [1.29, 1.82) is 0 Å². The summed E-state index contributed by atoms with van der Waals surface area (Å²) in [4.78, 5) is 15.4. The van der Waals surface area contributed by atoms with Crippen LogP contribution < -0.4 is 0 Å². The summed E-state index contributed by atoms with van der Waals surface area (Å²) in [6, 6.07) is 13.6. The molecule has 0 saturated carbocycles. The average Bonchev–Trinajstić information content (AvgIpc) is 2.61. The topological polar surface area (TPSA) is 60.8 Å². The molecule has 0 saturated heterocycles. The summed E-state index contributed by atoms with van der Waals surface area (Å²) in [5, 5.41) is 19.2. The third-order valence-corrected chi connectivity index (χ3v) is 4.59. The van der Waals surface area contributed by atoms with Crippen molar-refractivity contribution in [2.24, 2.45) is 0 Å². The molecular formula is C21H27NO3. The number of aromatic hydroxyl groups is 2. The molecule has 2 aromatic carbocycles. The van der Waals surface area contributed by atoms with Gasteiger partial charge >= 0.3 is 0 Å². The van der Waals surface area contributed by atoms with E-state index in [0.717, 1.165) is 24.0 Å². The minimum atomic E-state index is -0.883. The van der Waals surface area contributed by atoms with Gasteiger partial charge in [-0.25, -0.2) is 0 Å². The van der Waals surface area contributed by atoms with Crippen molar-refractivity contribution in [3.63, 3.8) is 0 Å². The number of phenolic OH excluding ortho intramolecular Hbond substituents is 2. The van der Waals surface area contributed by atoms with Crippen molar-refractivity contribution in [2.75, 3.05) is 13.1 Å². The molecule has 0 aliphatic rings. The lowest BCUT2D eigenvalue weighted by atomic mass is 9.75. The molecule has 0 spiro atoms. The first-order chi connectivity index (χ1) is 11.9. The molecule has 0 heterocycles. The summed E-state index contributed by atoms with van der Waals surface area (Å²) in [7, 11) is 0. The maximum Gasteiger partial charge on any atom is 0.237 e. The first kappa shape index (κ1) is 18.8. The Morgan fingerprint density at radius 2 is 1.20 bits per heavy atom. The van der Waals surface area contributed by atoms with Crippen LogP contribution in [0, 0.1) is 0 Å². The number of carbonyl (C=O) groups excluding carboxylic acids is 1. The normalized spacial score (nSPS) is 11.3. The first-order valence-corrected chi connectivity index (χ1v) is 8.81. The minimum absolute atomic E-state index is 0.0348. The molecule has 25 heavy (non-hydrogen) atoms. The Balaban J connectivity index is 2.56. The van der Waals surface area contributed by atoms with Crippen LogP contribution in [-0.4, -0.2) is 34.1 Å². The van der Waals surface area contributed by atoms with E-state index in [1.54, 1.807) is 48.5 Å². The van der Waals surface area contributed by atoms with Crippen LogP contribution in [0.15, 0.2) is 48.5 Å². The predicted octanol–water partition coefficient (Wildman–Crippen LogP) is 4.05. The summed E-state index contributed by atoms with van der Waals surface area (Å²) in [5.41, 5.74) is 0.752. The zero-order chi connectivity index (χ0) is 18.4. The number of benzene rings is 2. The Labute approximate surface area is 149 Å². The Morgan fingerprint density at radius 1 is 0.840 bits per heavy atom. The number of hydrogen-bond donors (Lipinski definition) is 2. The van der Waals surface area contributed by atoms with Gasteiger partial charge in [-0.1, -0.05) is 38.1 Å². The van der Waals surface area contributed by atoms with E-state index in [4.69, 9.17) is 0 Å². The average molecular weight is 341 g/mol. The zero-order valence-corrected chi connectivity index (χ0v) is 15.2. The molecule has 0 aromatic heterocycles. The molecule has 2 N–H and O–H groups in total. The number of phenols is 2. The smallest absolute Gasteiger partial charge is 0.237 e. The lowest BCUT2D eigenvalue weighted by Gasteiger charge is -2.35. The van der Waals surface area contributed by atoms with Crippen LogP contribution in [0.3, 0.4) is 0 Å². The summed E-state index contributed by atoms with van der Waals surface area (Å²) >= 11 is 0. The maximum atomic E-state index is 13.5. The SMILES string of the molecule is CCCN(CCC)C(=O)C(C)(c1ccc(O)cc1)c1ccc(O)cc1. The number of amides is 1. The molecule has 0 fully saturated rings. The minimum Gasteiger partial charge on any atom is -0.508 e. The quantitative estimate of drug-likeness (QED) is 0.798. The molecule has 2 rings (SSSR count). The highest BCUT2D eigenvalue weighted by Crippen LogP contribution is 2.35. The fourth-order valence-electron chi connectivity index (χ4n) is 3.17. The van der Waals surface area contributed by atoms with E-state index in [1.807, 2.05) is 11.8 Å². The Hall–Kier alpha value is -2.49. The first-order valence-electron chi connectivity index (χ1n) is 8.81. The number of nitrogens with zero attached hydrogens (tertiary/aromatic N) is 1. The molecule has 0 atom stereocenters. The van der Waals surface area contributed by atoms with Gasteiger partial charge in [0.15, 0.2) is 0 Å². The van der Waals surface area contributed by atoms with Crippen LogP contribution in [0.5, 0.6) is 11.5 Å². The van der Waals surface area contributed by atoms with E-state index in [2.05, 4.69) is 13.8 Å². The molecule has 4 nitrogen and oxygen atoms in total. The number of carbonyl (C=O) groups is 1. The van der Waals surface area contributed by atoms with E-state index in [-0.39, 0.29) is 17.4 Å². The second-order valence-corrected chi connectivity index (χ2v) is 6.51. The number of hydrogen-bond acceptors (Lipinski definition) is 3. The van der Waals surface area contributed by atoms with E-state index < -0.39 is 5.41 Å². The molecule has 4 heteroatoms. The van der Waals surface area contributed by atoms with Crippen LogP contribution >= 0.6 is 0 Å². The van der Waals surface area contributed by atoms with Gasteiger partial charge in [-0.2, -0.15) is 0 Å². The Bertz CT molecular complexity index is 641. The van der Waals surface area contributed by atoms with Gasteiger partial charge in [0.1, 0.15) is 11.5 Å². The molecule has 0 radical (unpaired) electrons. The highest BCUT2D eigenvalue weighted by molar-refractivity contribution is 5.91. The molecule has 0 unspecified atom stereocenters. The van der Waals surface area contributed by atoms with Crippen molar-refractivity contribution < 1.29 is 15.0 Å². The van der Waals surface area contributed by atoms with Gasteiger partial charge in [0, 0.05) is 13.1 Å². The standard InChI is InChI=1S/C21H27NO3/c1-4-14-22(15-5-2)20(25)21(3,16-6-10-18(23)11-7-16)17-8-12-19(24)13-9-17/h6-13,23-24H,4-5,14-15H2,1-3H3. The van der Waals surface area contributed by atoms with Crippen LogP contribution in [0.2, 0.25) is 0 Å². The third-order valence-electron chi connectivity index (χ3n) is 4.59. The van der Waals surface area contributed by atoms with Gasteiger partial charge in [-0.05, 0) is 55.2 Å². The van der Waals surface area contributed by atoms with Crippen molar-refractivity contribution in [1.82, 2.24) is 4.90 Å². The molecule has 1 amide bonds. The van der Waals surface area contributed by atoms with Crippen LogP contribution in [-0.2, 0) is 10.2 Å². The molecule has 0 aliphatic heterocycles. The van der Waals surface area contributed by atoms with Crippen LogP contribution in [0.1, 0.15) is 44.7 Å². The summed E-state index contributed by atoms with van der Waals surface area (Å²) in [6.45, 7) is 7.45. The van der Waals surface area contributed by atoms with Gasteiger partial charge in [0.25, 0.3) is 0 Å². The van der Waals surface area contributed by atoms with Crippen molar-refractivity contribution in [3.05, 3.63) is 59.7 Å². The van der Waals surface area contributed by atoms with E-state index in [1.165, 1.54) is 0 Å². The summed E-state index contributed by atoms with van der Waals surface area (Å²) in [5.74, 6) is 0.374. The zero-order valence-electron chi connectivity index (χ0n) is 15.2. The van der Waals surface area contributed by atoms with E-state index in [9.17, 15) is 15.0 Å². The molecule has 2 aromatic rings. The monoisotopic (exact) mass is 341 g/mol. The molecule has 134 valence electrons. The third kappa shape index (κ3) is 3.95. The van der Waals surface area contributed by atoms with Gasteiger partial charge in [-0.15, -0.1) is 0 Å². The highest BCUT2D eigenvalue weighted by atomic mass is 16.3. The van der Waals surface area contributed by atoms with Gasteiger partial charge in [-0.3, -0.25) is 4.79 Å². The molecular weight excluding hydrogens is 314 g/mol. The van der Waals surface area contributed by atoms with Crippen LogP contribution in [0.25, 0.3) is 0 Å². The number of rotatable bonds is 7. The molecule has 0 bridgehead atoms. The lowest BCUT2D eigenvalue weighted by Crippen LogP contribution is -2.46. The largest absolute Gasteiger partial charge is 0.508 e. The second-order valence-electron chi connectivity index (χ2n) is 6.51. The Kier molecular flexibility index (Phi) is 6.07. The van der Waals surface area contributed by atoms with Gasteiger partial charge in [0.2, 0.25) is 5.91 Å².